The van der Waals surface area contributed by atoms with Gasteiger partial charge < -0.3 is 15.0 Å². The molecule has 0 aromatic carbocycles. The van der Waals surface area contributed by atoms with E-state index in [9.17, 15) is 28.1 Å². The van der Waals surface area contributed by atoms with Crippen LogP contribution in [0.25, 0.3) is 0 Å². The molecule has 10 heteroatoms. The summed E-state index contributed by atoms with van der Waals surface area (Å²) in [6.07, 6.45) is -6.48. The van der Waals surface area contributed by atoms with Crippen molar-refractivity contribution in [3.8, 4) is 0 Å². The zero-order valence-corrected chi connectivity index (χ0v) is 9.64. The fourth-order valence-electron chi connectivity index (χ4n) is 1.27. The smallest absolute Gasteiger partial charge is 0.382 e. The first-order valence-electron chi connectivity index (χ1n) is 4.96. The van der Waals surface area contributed by atoms with Crippen molar-refractivity contribution in [1.82, 2.24) is 9.88 Å². The summed E-state index contributed by atoms with van der Waals surface area (Å²) in [6, 6.07) is 0.926. The molecule has 0 radical (unpaired) electrons. The molecule has 0 saturated carbocycles. The number of nitro groups is 1. The lowest BCUT2D eigenvalue weighted by Crippen LogP contribution is -2.41. The largest absolute Gasteiger partial charge is 0.416 e. The van der Waals surface area contributed by atoms with Gasteiger partial charge in [-0.2, -0.15) is 13.2 Å². The van der Waals surface area contributed by atoms with Crippen molar-refractivity contribution < 1.29 is 28.0 Å². The number of alkyl halides is 3. The van der Waals surface area contributed by atoms with E-state index < -0.39 is 29.7 Å². The molecule has 0 saturated heterocycles. The minimum Gasteiger partial charge on any atom is -0.382 e. The van der Waals surface area contributed by atoms with Gasteiger partial charge in [0.15, 0.2) is 6.10 Å². The van der Waals surface area contributed by atoms with Gasteiger partial charge in [-0.15, -0.1) is 0 Å². The Morgan fingerprint density at radius 2 is 2.21 bits per heavy atom. The zero-order chi connectivity index (χ0) is 14.8. The normalized spacial score (nSPS) is 13.1. The van der Waals surface area contributed by atoms with E-state index >= 15 is 0 Å². The molecule has 7 nitrogen and oxygen atoms in total. The first-order chi connectivity index (χ1) is 8.62. The van der Waals surface area contributed by atoms with Crippen molar-refractivity contribution in [2.75, 3.05) is 6.54 Å². The number of nitrogens with zero attached hydrogens (tertiary/aromatic N) is 2. The highest BCUT2D eigenvalue weighted by molar-refractivity contribution is 5.93. The Bertz CT molecular complexity index is 497. The van der Waals surface area contributed by atoms with Crippen LogP contribution in [-0.2, 0) is 7.05 Å². The molecular formula is C9H10F3N3O4. The van der Waals surface area contributed by atoms with E-state index in [1.165, 1.54) is 7.05 Å². The second kappa shape index (κ2) is 5.26. The summed E-state index contributed by atoms with van der Waals surface area (Å²) in [4.78, 5) is 21.2. The summed E-state index contributed by atoms with van der Waals surface area (Å²) >= 11 is 0. The predicted molar refractivity (Wildman–Crippen MR) is 56.5 cm³/mol. The van der Waals surface area contributed by atoms with E-state index in [1.54, 1.807) is 0 Å². The van der Waals surface area contributed by atoms with Gasteiger partial charge in [-0.05, 0) is 0 Å². The third-order valence-electron chi connectivity index (χ3n) is 2.27. The molecule has 0 aliphatic carbocycles. The third kappa shape index (κ3) is 3.68. The van der Waals surface area contributed by atoms with Crippen LogP contribution < -0.4 is 5.32 Å². The van der Waals surface area contributed by atoms with Crippen LogP contribution in [0.5, 0.6) is 0 Å². The Hall–Kier alpha value is -2.10. The van der Waals surface area contributed by atoms with E-state index in [0.29, 0.717) is 0 Å². The van der Waals surface area contributed by atoms with Gasteiger partial charge in [-0.3, -0.25) is 14.9 Å². The average Bonchev–Trinajstić information content (AvgIpc) is 2.66. The van der Waals surface area contributed by atoms with Crippen molar-refractivity contribution >= 4 is 11.6 Å². The van der Waals surface area contributed by atoms with Gasteiger partial charge in [0.05, 0.1) is 17.7 Å². The van der Waals surface area contributed by atoms with Crippen molar-refractivity contribution in [2.45, 2.75) is 12.3 Å². The van der Waals surface area contributed by atoms with E-state index in [4.69, 9.17) is 5.11 Å². The van der Waals surface area contributed by atoms with Crippen LogP contribution in [0.4, 0.5) is 18.9 Å². The molecule has 19 heavy (non-hydrogen) atoms. The fourth-order valence-corrected chi connectivity index (χ4v) is 1.27. The Labute approximate surface area is 104 Å². The molecule has 2 N–H and O–H groups in total. The number of aromatic nitrogens is 1. The number of aryl methyl sites for hydroxylation is 1. The monoisotopic (exact) mass is 281 g/mol. The summed E-state index contributed by atoms with van der Waals surface area (Å²) in [7, 11) is 1.34. The number of nitrogens with one attached hydrogen (secondary N) is 1. The van der Waals surface area contributed by atoms with E-state index in [0.717, 1.165) is 16.8 Å². The second-order valence-corrected chi connectivity index (χ2v) is 3.72. The Balaban J connectivity index is 2.72. The molecule has 1 rings (SSSR count). The van der Waals surface area contributed by atoms with Crippen LogP contribution in [0.1, 0.15) is 10.5 Å². The van der Waals surface area contributed by atoms with Gasteiger partial charge in [-0.25, -0.2) is 0 Å². The van der Waals surface area contributed by atoms with Gasteiger partial charge in [0.2, 0.25) is 0 Å². The van der Waals surface area contributed by atoms with Crippen LogP contribution in [0.3, 0.4) is 0 Å². The maximum absolute atomic E-state index is 12.0. The maximum atomic E-state index is 12.0. The molecule has 0 aliphatic rings. The van der Waals surface area contributed by atoms with Gasteiger partial charge in [0, 0.05) is 13.1 Å². The molecule has 1 heterocycles. The molecule has 1 amide bonds. The van der Waals surface area contributed by atoms with Crippen LogP contribution in [0, 0.1) is 10.1 Å². The van der Waals surface area contributed by atoms with Gasteiger partial charge in [0.25, 0.3) is 11.6 Å². The molecule has 0 spiro atoms. The van der Waals surface area contributed by atoms with Gasteiger partial charge in [0.1, 0.15) is 5.69 Å². The topological polar surface area (TPSA) is 97.4 Å². The van der Waals surface area contributed by atoms with Gasteiger partial charge in [-0.1, -0.05) is 0 Å². The SMILES string of the molecule is Cn1cc([N+](=O)[O-])cc1C(=O)NCC(O)C(F)(F)F. The molecule has 0 aliphatic heterocycles. The first-order valence-corrected chi connectivity index (χ1v) is 4.96. The highest BCUT2D eigenvalue weighted by Crippen LogP contribution is 2.19. The molecule has 1 aromatic heterocycles. The molecule has 1 atom stereocenters. The number of aliphatic hydroxyl groups excluding tert-OH is 1. The number of halogens is 3. The quantitative estimate of drug-likeness (QED) is 0.623. The average molecular weight is 281 g/mol. The van der Waals surface area contributed by atoms with Crippen LogP contribution in [0.2, 0.25) is 0 Å². The summed E-state index contributed by atoms with van der Waals surface area (Å²) < 4.78 is 37.1. The Morgan fingerprint density at radius 1 is 1.63 bits per heavy atom. The van der Waals surface area contributed by atoms with E-state index in [-0.39, 0.29) is 11.4 Å². The molecule has 106 valence electrons. The van der Waals surface area contributed by atoms with Crippen LogP contribution >= 0.6 is 0 Å². The first kappa shape index (κ1) is 15.0. The van der Waals surface area contributed by atoms with Gasteiger partial charge >= 0.3 is 6.18 Å². The fraction of sp³-hybridized carbons (Fsp3) is 0.444. The predicted octanol–water partition coefficient (Wildman–Crippen LogP) is 0.586. The Morgan fingerprint density at radius 3 is 2.63 bits per heavy atom. The van der Waals surface area contributed by atoms with Crippen molar-refractivity contribution in [3.05, 3.63) is 28.1 Å². The van der Waals surface area contributed by atoms with Crippen molar-refractivity contribution in [3.63, 3.8) is 0 Å². The lowest BCUT2D eigenvalue weighted by atomic mass is 10.3. The van der Waals surface area contributed by atoms with E-state index in [1.807, 2.05) is 5.32 Å². The maximum Gasteiger partial charge on any atom is 0.416 e. The molecular weight excluding hydrogens is 271 g/mol. The lowest BCUT2D eigenvalue weighted by molar-refractivity contribution is -0.384. The highest BCUT2D eigenvalue weighted by Gasteiger charge is 2.38. The number of carbonyl (C=O) groups is 1. The third-order valence-corrected chi connectivity index (χ3v) is 2.27. The number of amides is 1. The molecule has 1 aromatic rings. The minimum absolute atomic E-state index is 0.180. The summed E-state index contributed by atoms with van der Waals surface area (Å²) in [5, 5.41) is 21.0. The number of hydrogen-bond acceptors (Lipinski definition) is 4. The number of aliphatic hydroxyl groups is 1. The number of hydrogen-bond donors (Lipinski definition) is 2. The second-order valence-electron chi connectivity index (χ2n) is 3.72. The van der Waals surface area contributed by atoms with Crippen molar-refractivity contribution in [2.24, 2.45) is 7.05 Å². The van der Waals surface area contributed by atoms with Crippen LogP contribution in [-0.4, -0.2) is 39.3 Å². The minimum atomic E-state index is -4.84. The summed E-state index contributed by atoms with van der Waals surface area (Å²) in [6.45, 7) is -1.03. The van der Waals surface area contributed by atoms with Crippen LogP contribution in [0.15, 0.2) is 12.3 Å². The molecule has 0 fully saturated rings. The molecule has 0 bridgehead atoms. The zero-order valence-electron chi connectivity index (χ0n) is 9.64. The standard InChI is InChI=1S/C9H10F3N3O4/c1-14-4-5(15(18)19)2-6(14)8(17)13-3-7(16)9(10,11)12/h2,4,7,16H,3H2,1H3,(H,13,17). The molecule has 1 unspecified atom stereocenters. The lowest BCUT2D eigenvalue weighted by Gasteiger charge is -2.14. The van der Waals surface area contributed by atoms with E-state index in [2.05, 4.69) is 0 Å². The number of carbonyl (C=O) groups excluding carboxylic acids is 1. The summed E-state index contributed by atoms with van der Waals surface area (Å²) in [5.41, 5.74) is -0.537. The summed E-state index contributed by atoms with van der Waals surface area (Å²) in [5.74, 6) is -0.945. The van der Waals surface area contributed by atoms with Crippen molar-refractivity contribution in [1.29, 1.82) is 0 Å². The highest BCUT2D eigenvalue weighted by atomic mass is 19.4. The number of rotatable bonds is 4. The Kier molecular flexibility index (Phi) is 4.14.